The molecule has 1 amide bonds. The van der Waals surface area contributed by atoms with Gasteiger partial charge in [0.1, 0.15) is 11.0 Å². The van der Waals surface area contributed by atoms with Crippen LogP contribution in [0.15, 0.2) is 36.4 Å². The highest BCUT2D eigenvalue weighted by atomic mass is 127. The van der Waals surface area contributed by atoms with Crippen LogP contribution in [0.2, 0.25) is 5.15 Å². The van der Waals surface area contributed by atoms with E-state index in [1.54, 1.807) is 36.4 Å². The van der Waals surface area contributed by atoms with E-state index in [0.717, 1.165) is 3.57 Å². The minimum absolute atomic E-state index is 0.248. The lowest BCUT2D eigenvalue weighted by Crippen LogP contribution is -2.14. The number of halogens is 2. The molecular formula is C12H9ClIN3O. The second-order valence-electron chi connectivity index (χ2n) is 3.54. The molecule has 3 N–H and O–H groups in total. The van der Waals surface area contributed by atoms with Crippen molar-refractivity contribution in [1.29, 1.82) is 0 Å². The van der Waals surface area contributed by atoms with Crippen molar-refractivity contribution in [2.24, 2.45) is 0 Å². The molecule has 0 aliphatic rings. The van der Waals surface area contributed by atoms with Gasteiger partial charge >= 0.3 is 0 Å². The number of nitrogens with two attached hydrogens (primary N) is 1. The number of benzene rings is 1. The molecule has 2 rings (SSSR count). The number of nitrogens with one attached hydrogen (secondary N) is 1. The first-order chi connectivity index (χ1) is 8.56. The first-order valence-corrected chi connectivity index (χ1v) is 6.51. The molecule has 18 heavy (non-hydrogen) atoms. The van der Waals surface area contributed by atoms with Gasteiger partial charge in [-0.3, -0.25) is 4.79 Å². The van der Waals surface area contributed by atoms with E-state index in [0.29, 0.717) is 22.2 Å². The molecule has 0 fully saturated rings. The number of nitrogens with zero attached hydrogens (tertiary/aromatic N) is 1. The van der Waals surface area contributed by atoms with Crippen molar-refractivity contribution >= 4 is 51.6 Å². The zero-order chi connectivity index (χ0) is 13.1. The Labute approximate surface area is 123 Å². The molecule has 1 aromatic carbocycles. The average molecular weight is 374 g/mol. The summed E-state index contributed by atoms with van der Waals surface area (Å²) in [6.07, 6.45) is 0. The third-order valence-corrected chi connectivity index (χ3v) is 3.30. The number of anilines is 2. The fraction of sp³-hybridized carbons (Fsp3) is 0. The predicted octanol–water partition coefficient (Wildman–Crippen LogP) is 3.17. The van der Waals surface area contributed by atoms with Crippen LogP contribution in [0, 0.1) is 3.57 Å². The van der Waals surface area contributed by atoms with Gasteiger partial charge in [0.25, 0.3) is 5.91 Å². The Hall–Kier alpha value is -1.34. The highest BCUT2D eigenvalue weighted by Gasteiger charge is 2.09. The Balaban J connectivity index is 2.21. The van der Waals surface area contributed by atoms with E-state index in [1.165, 1.54) is 0 Å². The van der Waals surface area contributed by atoms with Gasteiger partial charge in [-0.25, -0.2) is 4.98 Å². The summed E-state index contributed by atoms with van der Waals surface area (Å²) in [5, 5.41) is 3.04. The fourth-order valence-corrected chi connectivity index (χ4v) is 1.90. The van der Waals surface area contributed by atoms with Crippen molar-refractivity contribution in [1.82, 2.24) is 4.98 Å². The van der Waals surface area contributed by atoms with E-state index < -0.39 is 0 Å². The molecule has 2 aromatic rings. The number of pyridine rings is 1. The molecule has 1 heterocycles. The van der Waals surface area contributed by atoms with Crippen LogP contribution < -0.4 is 11.1 Å². The van der Waals surface area contributed by atoms with Crippen LogP contribution in [-0.4, -0.2) is 10.9 Å². The normalized spacial score (nSPS) is 10.1. The standard InChI is InChI=1S/C12H9ClIN3O/c13-10-6-5-9(14)11(16-10)17-12(18)7-1-3-8(15)4-2-7/h1-6H,15H2,(H,16,17,18). The number of nitrogen functional groups attached to an aromatic ring is 1. The van der Waals surface area contributed by atoms with Gasteiger partial charge in [0, 0.05) is 11.3 Å². The molecule has 0 atom stereocenters. The molecule has 0 unspecified atom stereocenters. The summed E-state index contributed by atoms with van der Waals surface area (Å²) in [4.78, 5) is 16.0. The van der Waals surface area contributed by atoms with Crippen molar-refractivity contribution in [3.63, 3.8) is 0 Å². The van der Waals surface area contributed by atoms with E-state index in [-0.39, 0.29) is 5.91 Å². The molecule has 0 aliphatic heterocycles. The SMILES string of the molecule is Nc1ccc(C(=O)Nc2nc(Cl)ccc2I)cc1. The van der Waals surface area contributed by atoms with E-state index in [9.17, 15) is 4.79 Å². The van der Waals surface area contributed by atoms with E-state index in [1.807, 2.05) is 0 Å². The van der Waals surface area contributed by atoms with E-state index >= 15 is 0 Å². The van der Waals surface area contributed by atoms with Crippen LogP contribution in [-0.2, 0) is 0 Å². The topological polar surface area (TPSA) is 68.0 Å². The average Bonchev–Trinajstić information content (AvgIpc) is 2.34. The van der Waals surface area contributed by atoms with Crippen LogP contribution in [0.25, 0.3) is 0 Å². The van der Waals surface area contributed by atoms with Crippen LogP contribution in [0.3, 0.4) is 0 Å². The number of hydrogen-bond donors (Lipinski definition) is 2. The maximum Gasteiger partial charge on any atom is 0.256 e. The minimum atomic E-state index is -0.248. The largest absolute Gasteiger partial charge is 0.399 e. The molecule has 4 nitrogen and oxygen atoms in total. The van der Waals surface area contributed by atoms with Crippen molar-refractivity contribution in [3.05, 3.63) is 50.7 Å². The van der Waals surface area contributed by atoms with Crippen molar-refractivity contribution in [3.8, 4) is 0 Å². The number of hydrogen-bond acceptors (Lipinski definition) is 3. The molecule has 0 saturated heterocycles. The van der Waals surface area contributed by atoms with Gasteiger partial charge in [-0.15, -0.1) is 0 Å². The van der Waals surface area contributed by atoms with E-state index in [2.05, 4.69) is 32.9 Å². The van der Waals surface area contributed by atoms with Gasteiger partial charge < -0.3 is 11.1 Å². The van der Waals surface area contributed by atoms with Crippen molar-refractivity contribution < 1.29 is 4.79 Å². The summed E-state index contributed by atoms with van der Waals surface area (Å²) >= 11 is 7.86. The summed E-state index contributed by atoms with van der Waals surface area (Å²) in [5.74, 6) is 0.201. The van der Waals surface area contributed by atoms with Gasteiger partial charge in [0.05, 0.1) is 3.57 Å². The van der Waals surface area contributed by atoms with Gasteiger partial charge in [0.2, 0.25) is 0 Å². The first kappa shape index (κ1) is 13.1. The third kappa shape index (κ3) is 3.11. The van der Waals surface area contributed by atoms with Gasteiger partial charge in [-0.05, 0) is 59.0 Å². The third-order valence-electron chi connectivity index (χ3n) is 2.22. The Kier molecular flexibility index (Phi) is 4.03. The minimum Gasteiger partial charge on any atom is -0.399 e. The second kappa shape index (κ2) is 5.53. The number of carbonyl (C=O) groups is 1. The summed E-state index contributed by atoms with van der Waals surface area (Å²) < 4.78 is 0.820. The Morgan fingerprint density at radius 3 is 2.56 bits per heavy atom. The summed E-state index contributed by atoms with van der Waals surface area (Å²) in [6, 6.07) is 10.1. The number of amides is 1. The highest BCUT2D eigenvalue weighted by Crippen LogP contribution is 2.19. The zero-order valence-electron chi connectivity index (χ0n) is 9.15. The second-order valence-corrected chi connectivity index (χ2v) is 5.09. The molecule has 6 heteroatoms. The van der Waals surface area contributed by atoms with Crippen LogP contribution in [0.5, 0.6) is 0 Å². The summed E-state index contributed by atoms with van der Waals surface area (Å²) in [5.41, 5.74) is 6.69. The molecule has 0 aliphatic carbocycles. The number of rotatable bonds is 2. The van der Waals surface area contributed by atoms with Gasteiger partial charge in [0.15, 0.2) is 0 Å². The maximum absolute atomic E-state index is 12.0. The van der Waals surface area contributed by atoms with Crippen LogP contribution in [0.4, 0.5) is 11.5 Å². The molecule has 0 radical (unpaired) electrons. The number of aromatic nitrogens is 1. The van der Waals surface area contributed by atoms with Gasteiger partial charge in [-0.2, -0.15) is 0 Å². The molecule has 0 saturated carbocycles. The Bertz CT molecular complexity index is 586. The zero-order valence-corrected chi connectivity index (χ0v) is 12.1. The lowest BCUT2D eigenvalue weighted by molar-refractivity contribution is 0.102. The number of carbonyl (C=O) groups excluding carboxylic acids is 1. The fourth-order valence-electron chi connectivity index (χ4n) is 1.32. The predicted molar refractivity (Wildman–Crippen MR) is 80.8 cm³/mol. The highest BCUT2D eigenvalue weighted by molar-refractivity contribution is 14.1. The molecule has 0 spiro atoms. The molecular weight excluding hydrogens is 365 g/mol. The first-order valence-electron chi connectivity index (χ1n) is 5.05. The Morgan fingerprint density at radius 2 is 1.89 bits per heavy atom. The van der Waals surface area contributed by atoms with Crippen molar-refractivity contribution in [2.45, 2.75) is 0 Å². The molecule has 1 aromatic heterocycles. The smallest absolute Gasteiger partial charge is 0.256 e. The lowest BCUT2D eigenvalue weighted by Gasteiger charge is -2.07. The monoisotopic (exact) mass is 373 g/mol. The van der Waals surface area contributed by atoms with Gasteiger partial charge in [-0.1, -0.05) is 11.6 Å². The molecule has 92 valence electrons. The molecule has 0 bridgehead atoms. The van der Waals surface area contributed by atoms with Crippen LogP contribution in [0.1, 0.15) is 10.4 Å². The Morgan fingerprint density at radius 1 is 1.22 bits per heavy atom. The van der Waals surface area contributed by atoms with Crippen LogP contribution >= 0.6 is 34.2 Å². The van der Waals surface area contributed by atoms with E-state index in [4.69, 9.17) is 17.3 Å². The quantitative estimate of drug-likeness (QED) is 0.483. The van der Waals surface area contributed by atoms with Crippen molar-refractivity contribution in [2.75, 3.05) is 11.1 Å². The lowest BCUT2D eigenvalue weighted by atomic mass is 10.2. The maximum atomic E-state index is 12.0. The summed E-state index contributed by atoms with van der Waals surface area (Å²) in [6.45, 7) is 0. The summed E-state index contributed by atoms with van der Waals surface area (Å²) in [7, 11) is 0.